The molecule has 1 aliphatic rings. The second-order valence-corrected chi connectivity index (χ2v) is 10.1. The number of carbonyl (C=O) groups is 1. The summed E-state index contributed by atoms with van der Waals surface area (Å²) in [5.41, 5.74) is 4.12. The number of piperidine rings is 1. The van der Waals surface area contributed by atoms with Crippen molar-refractivity contribution in [3.8, 4) is 0 Å². The number of hydrogen-bond acceptors (Lipinski definition) is 6. The van der Waals surface area contributed by atoms with E-state index in [-0.39, 0.29) is 12.0 Å². The second-order valence-electron chi connectivity index (χ2n) is 9.66. The topological polar surface area (TPSA) is 86.4 Å². The van der Waals surface area contributed by atoms with Crippen molar-refractivity contribution < 1.29 is 9.53 Å². The first kappa shape index (κ1) is 26.2. The molecule has 2 aromatic heterocycles. The van der Waals surface area contributed by atoms with E-state index in [1.54, 1.807) is 6.33 Å². The molecule has 2 aromatic carbocycles. The Balaban J connectivity index is 1.22. The van der Waals surface area contributed by atoms with Crippen molar-refractivity contribution in [1.29, 1.82) is 0 Å². The fourth-order valence-electron chi connectivity index (χ4n) is 4.93. The zero-order valence-electron chi connectivity index (χ0n) is 21.6. The van der Waals surface area contributed by atoms with E-state index >= 15 is 0 Å². The van der Waals surface area contributed by atoms with Crippen molar-refractivity contribution in [3.63, 3.8) is 0 Å². The number of anilines is 2. The lowest BCUT2D eigenvalue weighted by Gasteiger charge is -2.32. The molecule has 8 nitrogen and oxygen atoms in total. The van der Waals surface area contributed by atoms with E-state index in [9.17, 15) is 4.79 Å². The molecule has 0 atom stereocenters. The number of benzene rings is 2. The average molecular weight is 533 g/mol. The predicted octanol–water partition coefficient (Wildman–Crippen LogP) is 5.07. The number of nitrogens with zero attached hydrogens (tertiary/aromatic N) is 4. The van der Waals surface area contributed by atoms with Crippen LogP contribution in [0.4, 0.5) is 11.5 Å². The molecule has 0 bridgehead atoms. The number of aromatic nitrogens is 3. The summed E-state index contributed by atoms with van der Waals surface area (Å²) < 4.78 is 6.34. The van der Waals surface area contributed by atoms with Gasteiger partial charge < -0.3 is 19.9 Å². The number of nitrogens with one attached hydrogen (secondary N) is 2. The van der Waals surface area contributed by atoms with Crippen LogP contribution in [-0.2, 0) is 22.7 Å². The van der Waals surface area contributed by atoms with Gasteiger partial charge in [-0.15, -0.1) is 0 Å². The summed E-state index contributed by atoms with van der Waals surface area (Å²) in [6, 6.07) is 18.4. The zero-order chi connectivity index (χ0) is 26.3. The number of halogens is 1. The van der Waals surface area contributed by atoms with E-state index in [2.05, 4.69) is 54.3 Å². The van der Waals surface area contributed by atoms with Crippen LogP contribution in [0.2, 0.25) is 5.02 Å². The Kier molecular flexibility index (Phi) is 8.53. The van der Waals surface area contributed by atoms with Gasteiger partial charge in [0.05, 0.1) is 18.1 Å². The Morgan fingerprint density at radius 2 is 1.95 bits per heavy atom. The molecule has 0 spiro atoms. The van der Waals surface area contributed by atoms with Crippen LogP contribution in [0.5, 0.6) is 0 Å². The Hall–Kier alpha value is -3.46. The maximum Gasteiger partial charge on any atom is 0.216 e. The van der Waals surface area contributed by atoms with Gasteiger partial charge in [0, 0.05) is 56.6 Å². The van der Waals surface area contributed by atoms with E-state index in [1.807, 2.05) is 36.5 Å². The van der Waals surface area contributed by atoms with Crippen molar-refractivity contribution in [2.75, 3.05) is 31.1 Å². The third kappa shape index (κ3) is 6.69. The third-order valence-electron chi connectivity index (χ3n) is 6.84. The largest absolute Gasteiger partial charge is 0.373 e. The molecule has 0 aliphatic carbocycles. The maximum absolute atomic E-state index is 11.5. The smallest absolute Gasteiger partial charge is 0.216 e. The third-order valence-corrected chi connectivity index (χ3v) is 7.07. The van der Waals surface area contributed by atoms with Crippen LogP contribution < -0.4 is 10.2 Å². The number of ether oxygens (including phenoxy) is 1. The fourth-order valence-corrected chi connectivity index (χ4v) is 5.14. The highest BCUT2D eigenvalue weighted by molar-refractivity contribution is 6.30. The minimum Gasteiger partial charge on any atom is -0.373 e. The Bertz CT molecular complexity index is 1370. The number of fused-ring (bicyclic) bond motifs is 1. The highest BCUT2D eigenvalue weighted by Gasteiger charge is 2.20. The van der Waals surface area contributed by atoms with E-state index in [0.717, 1.165) is 65.6 Å². The molecule has 1 saturated heterocycles. The summed E-state index contributed by atoms with van der Waals surface area (Å²) in [4.78, 5) is 28.1. The summed E-state index contributed by atoms with van der Waals surface area (Å²) in [6.07, 6.45) is 5.68. The van der Waals surface area contributed by atoms with Crippen LogP contribution in [0, 0.1) is 0 Å². The summed E-state index contributed by atoms with van der Waals surface area (Å²) in [7, 11) is 0. The number of amides is 1. The quantitative estimate of drug-likeness (QED) is 0.297. The lowest BCUT2D eigenvalue weighted by atomic mass is 10.1. The molecule has 5 rings (SSSR count). The first-order valence-corrected chi connectivity index (χ1v) is 13.4. The molecule has 1 aliphatic heterocycles. The van der Waals surface area contributed by atoms with Crippen molar-refractivity contribution in [2.45, 2.75) is 39.0 Å². The molecule has 0 saturated carbocycles. The van der Waals surface area contributed by atoms with Gasteiger partial charge in [0.1, 0.15) is 17.8 Å². The van der Waals surface area contributed by atoms with Gasteiger partial charge in [-0.2, -0.15) is 0 Å². The Labute approximate surface area is 228 Å². The van der Waals surface area contributed by atoms with E-state index in [0.29, 0.717) is 19.7 Å². The molecular formula is C29H33ClN6O2. The highest BCUT2D eigenvalue weighted by Crippen LogP contribution is 2.30. The van der Waals surface area contributed by atoms with Gasteiger partial charge in [-0.05, 0) is 54.3 Å². The molecule has 4 aromatic rings. The van der Waals surface area contributed by atoms with Gasteiger partial charge >= 0.3 is 0 Å². The second kappa shape index (κ2) is 12.4. The molecule has 1 fully saturated rings. The molecule has 0 radical (unpaired) electrons. The average Bonchev–Trinajstić information content (AvgIpc) is 3.40. The van der Waals surface area contributed by atoms with Crippen molar-refractivity contribution in [3.05, 3.63) is 83.3 Å². The number of carbonyl (C=O) groups excluding carboxylic acids is 1. The minimum absolute atomic E-state index is 0.0554. The van der Waals surface area contributed by atoms with Gasteiger partial charge in [-0.1, -0.05) is 35.9 Å². The van der Waals surface area contributed by atoms with Gasteiger partial charge in [0.15, 0.2) is 0 Å². The van der Waals surface area contributed by atoms with Crippen LogP contribution in [-0.4, -0.2) is 58.0 Å². The van der Waals surface area contributed by atoms with E-state index in [4.69, 9.17) is 16.3 Å². The molecule has 0 unspecified atom stereocenters. The number of aromatic amines is 1. The molecular weight excluding hydrogens is 500 g/mol. The van der Waals surface area contributed by atoms with Crippen molar-refractivity contribution in [1.82, 2.24) is 25.2 Å². The minimum atomic E-state index is -0.0554. The van der Waals surface area contributed by atoms with Gasteiger partial charge in [0.25, 0.3) is 0 Å². The lowest BCUT2D eigenvalue weighted by molar-refractivity contribution is -0.118. The molecule has 198 valence electrons. The first-order chi connectivity index (χ1) is 18.5. The summed E-state index contributed by atoms with van der Waals surface area (Å²) >= 11 is 6.14. The first-order valence-electron chi connectivity index (χ1n) is 13.0. The van der Waals surface area contributed by atoms with Crippen LogP contribution in [0.15, 0.2) is 67.1 Å². The molecule has 1 amide bonds. The van der Waals surface area contributed by atoms with Crippen molar-refractivity contribution in [2.24, 2.45) is 0 Å². The van der Waals surface area contributed by atoms with Gasteiger partial charge in [-0.25, -0.2) is 9.97 Å². The predicted molar refractivity (Wildman–Crippen MR) is 151 cm³/mol. The number of hydrogen-bond donors (Lipinski definition) is 2. The van der Waals surface area contributed by atoms with Crippen LogP contribution in [0.3, 0.4) is 0 Å². The number of rotatable bonds is 10. The summed E-state index contributed by atoms with van der Waals surface area (Å²) in [5, 5.41) is 4.61. The molecule has 2 N–H and O–H groups in total. The normalized spacial score (nSPS) is 14.6. The lowest BCUT2D eigenvalue weighted by Crippen LogP contribution is -2.36. The van der Waals surface area contributed by atoms with Gasteiger partial charge in [0.2, 0.25) is 5.91 Å². The van der Waals surface area contributed by atoms with Crippen molar-refractivity contribution >= 4 is 40.0 Å². The Morgan fingerprint density at radius 1 is 1.13 bits per heavy atom. The SMILES string of the molecule is CC(=O)NCCN(c1cccc(COC2CCN(Cc3cccc(Cl)c3)CC2)c1)c1ncnc2[nH]ccc12. The molecule has 38 heavy (non-hydrogen) atoms. The molecule has 3 heterocycles. The summed E-state index contributed by atoms with van der Waals surface area (Å²) in [5.74, 6) is 0.743. The maximum atomic E-state index is 11.5. The standard InChI is InChI=1S/C29H33ClN6O2/c1-21(37)31-12-15-36(29-27-8-11-32-28(27)33-20-34-29)25-7-3-5-23(17-25)19-38-26-9-13-35(14-10-26)18-22-4-2-6-24(30)16-22/h2-8,11,16-17,20,26H,9-10,12-15,18-19H2,1H3,(H,31,37)(H,32,33,34). The fraction of sp³-hybridized carbons (Fsp3) is 0.345. The van der Waals surface area contributed by atoms with Gasteiger partial charge in [-0.3, -0.25) is 9.69 Å². The number of likely N-dealkylation sites (tertiary alicyclic amines) is 1. The van der Waals surface area contributed by atoms with Crippen LogP contribution >= 0.6 is 11.6 Å². The summed E-state index contributed by atoms with van der Waals surface area (Å²) in [6.45, 7) is 6.09. The molecule has 9 heteroatoms. The van der Waals surface area contributed by atoms with Crippen LogP contribution in [0.25, 0.3) is 11.0 Å². The van der Waals surface area contributed by atoms with E-state index < -0.39 is 0 Å². The van der Waals surface area contributed by atoms with Crippen LogP contribution in [0.1, 0.15) is 30.9 Å². The zero-order valence-corrected chi connectivity index (χ0v) is 22.3. The van der Waals surface area contributed by atoms with E-state index in [1.165, 1.54) is 12.5 Å². The highest BCUT2D eigenvalue weighted by atomic mass is 35.5. The monoisotopic (exact) mass is 532 g/mol. The Morgan fingerprint density at radius 3 is 2.76 bits per heavy atom. The number of H-pyrrole nitrogens is 1.